The normalized spacial score (nSPS) is 13.9. The molecular formula is C20H21ClN2O7S. The topological polar surface area (TPSA) is 120 Å². The zero-order valence-electron chi connectivity index (χ0n) is 16.6. The lowest BCUT2D eigenvalue weighted by Crippen LogP contribution is -2.32. The van der Waals surface area contributed by atoms with Crippen molar-refractivity contribution in [1.29, 1.82) is 0 Å². The summed E-state index contributed by atoms with van der Waals surface area (Å²) < 4.78 is 43.0. The molecule has 1 aliphatic rings. The predicted octanol–water partition coefficient (Wildman–Crippen LogP) is 2.35. The van der Waals surface area contributed by atoms with E-state index in [0.29, 0.717) is 35.4 Å². The standard InChI is InChI=1S/C20H21ClN2O7S/c1-13(20(25)23-15-4-2-14(21)3-5-15)30-19(24)8-9-22-31(26,27)16-6-7-17-18(12-16)29-11-10-28-17/h2-7,12-13,22H,8-11H2,1H3,(H,23,25)/t13-/m0/s1. The van der Waals surface area contributed by atoms with Gasteiger partial charge in [0.25, 0.3) is 5.91 Å². The van der Waals surface area contributed by atoms with Gasteiger partial charge in [-0.1, -0.05) is 11.6 Å². The van der Waals surface area contributed by atoms with Crippen LogP contribution in [0.3, 0.4) is 0 Å². The molecule has 0 saturated heterocycles. The molecular weight excluding hydrogens is 448 g/mol. The molecule has 0 radical (unpaired) electrons. The van der Waals surface area contributed by atoms with Crippen LogP contribution >= 0.6 is 11.6 Å². The van der Waals surface area contributed by atoms with E-state index in [-0.39, 0.29) is 17.9 Å². The SMILES string of the molecule is C[C@H](OC(=O)CCNS(=O)(=O)c1ccc2c(c1)OCCO2)C(=O)Nc1ccc(Cl)cc1. The number of benzene rings is 2. The number of carbonyl (C=O) groups is 2. The minimum atomic E-state index is -3.86. The molecule has 31 heavy (non-hydrogen) atoms. The molecule has 0 spiro atoms. The van der Waals surface area contributed by atoms with E-state index in [2.05, 4.69) is 10.0 Å². The molecule has 1 amide bonds. The van der Waals surface area contributed by atoms with Crippen LogP contribution < -0.4 is 19.5 Å². The Kier molecular flexibility index (Phi) is 7.37. The van der Waals surface area contributed by atoms with Crippen molar-refractivity contribution in [1.82, 2.24) is 4.72 Å². The van der Waals surface area contributed by atoms with Crippen LogP contribution in [0.2, 0.25) is 5.02 Å². The van der Waals surface area contributed by atoms with Gasteiger partial charge in [-0.25, -0.2) is 13.1 Å². The molecule has 2 aromatic carbocycles. The van der Waals surface area contributed by atoms with Crippen molar-refractivity contribution >= 4 is 39.2 Å². The molecule has 1 heterocycles. The molecule has 0 unspecified atom stereocenters. The number of anilines is 1. The van der Waals surface area contributed by atoms with Gasteiger partial charge >= 0.3 is 5.97 Å². The molecule has 0 fully saturated rings. The lowest BCUT2D eigenvalue weighted by molar-refractivity contribution is -0.152. The fraction of sp³-hybridized carbons (Fsp3) is 0.300. The van der Waals surface area contributed by atoms with Crippen molar-refractivity contribution < 1.29 is 32.2 Å². The van der Waals surface area contributed by atoms with Crippen LogP contribution in [0.15, 0.2) is 47.4 Å². The number of rotatable bonds is 8. The van der Waals surface area contributed by atoms with Gasteiger partial charge in [-0.3, -0.25) is 9.59 Å². The van der Waals surface area contributed by atoms with Crippen molar-refractivity contribution in [2.24, 2.45) is 0 Å². The molecule has 1 aliphatic heterocycles. The summed E-state index contributed by atoms with van der Waals surface area (Å²) in [6.07, 6.45) is -1.31. The largest absolute Gasteiger partial charge is 0.486 e. The molecule has 0 bridgehead atoms. The Morgan fingerprint density at radius 2 is 1.77 bits per heavy atom. The summed E-state index contributed by atoms with van der Waals surface area (Å²) in [6.45, 7) is 1.96. The van der Waals surface area contributed by atoms with E-state index in [1.54, 1.807) is 24.3 Å². The van der Waals surface area contributed by atoms with Crippen LogP contribution in [0.5, 0.6) is 11.5 Å². The van der Waals surface area contributed by atoms with E-state index in [4.69, 9.17) is 25.8 Å². The first-order valence-electron chi connectivity index (χ1n) is 9.40. The Morgan fingerprint density at radius 3 is 2.48 bits per heavy atom. The average molecular weight is 469 g/mol. The lowest BCUT2D eigenvalue weighted by Gasteiger charge is -2.19. The molecule has 0 aliphatic carbocycles. The van der Waals surface area contributed by atoms with Gasteiger partial charge < -0.3 is 19.5 Å². The molecule has 1 atom stereocenters. The number of carbonyl (C=O) groups excluding carboxylic acids is 2. The summed E-state index contributed by atoms with van der Waals surface area (Å²) in [6, 6.07) is 10.7. The summed E-state index contributed by atoms with van der Waals surface area (Å²) in [4.78, 5) is 24.1. The van der Waals surface area contributed by atoms with Crippen LogP contribution in [0, 0.1) is 0 Å². The van der Waals surface area contributed by atoms with Gasteiger partial charge in [-0.05, 0) is 43.3 Å². The Balaban J connectivity index is 1.46. The van der Waals surface area contributed by atoms with Gasteiger partial charge in [-0.2, -0.15) is 0 Å². The average Bonchev–Trinajstić information content (AvgIpc) is 2.74. The summed E-state index contributed by atoms with van der Waals surface area (Å²) in [7, 11) is -3.86. The third-order valence-corrected chi connectivity index (χ3v) is 5.95. The van der Waals surface area contributed by atoms with Crippen LogP contribution in [-0.2, 0) is 24.3 Å². The number of hydrogen-bond acceptors (Lipinski definition) is 7. The minimum Gasteiger partial charge on any atom is -0.486 e. The van der Waals surface area contributed by atoms with Crippen molar-refractivity contribution in [3.63, 3.8) is 0 Å². The molecule has 166 valence electrons. The highest BCUT2D eigenvalue weighted by Crippen LogP contribution is 2.32. The first kappa shape index (κ1) is 22.9. The number of esters is 1. The van der Waals surface area contributed by atoms with Crippen LogP contribution in [0.25, 0.3) is 0 Å². The number of halogens is 1. The second kappa shape index (κ2) is 9.99. The highest BCUT2D eigenvalue weighted by atomic mass is 35.5. The van der Waals surface area contributed by atoms with Crippen molar-refractivity contribution in [3.8, 4) is 11.5 Å². The molecule has 11 heteroatoms. The van der Waals surface area contributed by atoms with Crippen molar-refractivity contribution in [2.75, 3.05) is 25.1 Å². The molecule has 0 aromatic heterocycles. The first-order chi connectivity index (χ1) is 14.7. The monoisotopic (exact) mass is 468 g/mol. The number of amides is 1. The van der Waals surface area contributed by atoms with E-state index in [1.165, 1.54) is 25.1 Å². The Hall–Kier alpha value is -2.82. The number of sulfonamides is 1. The van der Waals surface area contributed by atoms with Gasteiger partial charge in [0.1, 0.15) is 13.2 Å². The molecule has 3 rings (SSSR count). The maximum Gasteiger partial charge on any atom is 0.307 e. The summed E-state index contributed by atoms with van der Waals surface area (Å²) in [5.74, 6) is -0.426. The zero-order chi connectivity index (χ0) is 22.4. The molecule has 0 saturated carbocycles. The van der Waals surface area contributed by atoms with Crippen LogP contribution in [-0.4, -0.2) is 46.2 Å². The van der Waals surface area contributed by atoms with Crippen molar-refractivity contribution in [2.45, 2.75) is 24.3 Å². The van der Waals surface area contributed by atoms with Gasteiger partial charge in [0.05, 0.1) is 11.3 Å². The highest BCUT2D eigenvalue weighted by molar-refractivity contribution is 7.89. The number of fused-ring (bicyclic) bond motifs is 1. The maximum absolute atomic E-state index is 12.4. The maximum atomic E-state index is 12.4. The Morgan fingerprint density at radius 1 is 1.10 bits per heavy atom. The number of ether oxygens (including phenoxy) is 3. The smallest absolute Gasteiger partial charge is 0.307 e. The third-order valence-electron chi connectivity index (χ3n) is 4.23. The van der Waals surface area contributed by atoms with E-state index in [1.807, 2.05) is 0 Å². The van der Waals surface area contributed by atoms with Crippen LogP contribution in [0.4, 0.5) is 5.69 Å². The van der Waals surface area contributed by atoms with Gasteiger partial charge in [-0.15, -0.1) is 0 Å². The van der Waals surface area contributed by atoms with E-state index in [9.17, 15) is 18.0 Å². The Labute approximate surface area is 184 Å². The summed E-state index contributed by atoms with van der Waals surface area (Å²) >= 11 is 5.79. The quantitative estimate of drug-likeness (QED) is 0.570. The predicted molar refractivity (Wildman–Crippen MR) is 113 cm³/mol. The molecule has 9 nitrogen and oxygen atoms in total. The summed E-state index contributed by atoms with van der Waals surface area (Å²) in [5, 5.41) is 3.12. The third kappa shape index (κ3) is 6.33. The zero-order valence-corrected chi connectivity index (χ0v) is 18.2. The minimum absolute atomic E-state index is 0.0131. The van der Waals surface area contributed by atoms with E-state index < -0.39 is 28.0 Å². The molecule has 2 aromatic rings. The van der Waals surface area contributed by atoms with Gasteiger partial charge in [0.2, 0.25) is 10.0 Å². The Bertz CT molecular complexity index is 1060. The van der Waals surface area contributed by atoms with E-state index in [0.717, 1.165) is 0 Å². The van der Waals surface area contributed by atoms with Gasteiger partial charge in [0, 0.05) is 23.3 Å². The fourth-order valence-corrected chi connectivity index (χ4v) is 3.82. The van der Waals surface area contributed by atoms with Crippen LogP contribution in [0.1, 0.15) is 13.3 Å². The lowest BCUT2D eigenvalue weighted by atomic mass is 10.3. The van der Waals surface area contributed by atoms with Crippen molar-refractivity contribution in [3.05, 3.63) is 47.5 Å². The summed E-state index contributed by atoms with van der Waals surface area (Å²) in [5.41, 5.74) is 0.504. The van der Waals surface area contributed by atoms with Gasteiger partial charge in [0.15, 0.2) is 17.6 Å². The number of nitrogens with one attached hydrogen (secondary N) is 2. The first-order valence-corrected chi connectivity index (χ1v) is 11.3. The highest BCUT2D eigenvalue weighted by Gasteiger charge is 2.21. The number of hydrogen-bond donors (Lipinski definition) is 2. The van der Waals surface area contributed by atoms with E-state index >= 15 is 0 Å². The fourth-order valence-electron chi connectivity index (χ4n) is 2.65. The second-order valence-electron chi connectivity index (χ2n) is 6.58. The second-order valence-corrected chi connectivity index (χ2v) is 8.78. The molecule has 2 N–H and O–H groups in total.